The Morgan fingerprint density at radius 2 is 1.95 bits per heavy atom. The fraction of sp³-hybridized carbons (Fsp3) is 0.188. The molecule has 0 N–H and O–H groups in total. The molecular weight excluding hydrogens is 277 g/mol. The lowest BCUT2D eigenvalue weighted by Crippen LogP contribution is -2.07. The summed E-state index contributed by atoms with van der Waals surface area (Å²) in [6.45, 7) is 1.96. The van der Waals surface area contributed by atoms with Crippen molar-refractivity contribution < 1.29 is 9.13 Å². The summed E-state index contributed by atoms with van der Waals surface area (Å²) in [5, 5.41) is 9.65. The molecule has 1 atom stereocenters. The Morgan fingerprint density at radius 1 is 1.25 bits per heavy atom. The van der Waals surface area contributed by atoms with Gasteiger partial charge in [-0.1, -0.05) is 36.7 Å². The molecule has 20 heavy (non-hydrogen) atoms. The zero-order valence-corrected chi connectivity index (χ0v) is 11.7. The summed E-state index contributed by atoms with van der Waals surface area (Å²) in [7, 11) is 0. The molecule has 0 aromatic heterocycles. The standard InChI is InChI=1S/C16H13ClFNO/c1-2-15(11-6-8-12(17)9-7-11)20-16-5-3-4-14(18)13(16)10-19/h3-9,15H,2H2,1H3. The molecule has 102 valence electrons. The Balaban J connectivity index is 2.30. The molecule has 1 unspecified atom stereocenters. The molecule has 0 radical (unpaired) electrons. The Hall–Kier alpha value is -2.05. The van der Waals surface area contributed by atoms with Crippen LogP contribution in [0.2, 0.25) is 5.02 Å². The van der Waals surface area contributed by atoms with E-state index < -0.39 is 5.82 Å². The van der Waals surface area contributed by atoms with E-state index in [9.17, 15) is 4.39 Å². The second-order valence-electron chi connectivity index (χ2n) is 4.29. The van der Waals surface area contributed by atoms with Crippen LogP contribution in [0.1, 0.15) is 30.6 Å². The predicted octanol–water partition coefficient (Wildman–Crippen LogP) is 4.88. The van der Waals surface area contributed by atoms with Gasteiger partial charge in [0, 0.05) is 5.02 Å². The number of ether oxygens (including phenoxy) is 1. The lowest BCUT2D eigenvalue weighted by atomic mass is 10.1. The van der Waals surface area contributed by atoms with Crippen molar-refractivity contribution in [3.8, 4) is 11.8 Å². The van der Waals surface area contributed by atoms with Crippen molar-refractivity contribution in [1.82, 2.24) is 0 Å². The van der Waals surface area contributed by atoms with Gasteiger partial charge in [-0.05, 0) is 36.2 Å². The summed E-state index contributed by atoms with van der Waals surface area (Å²) in [6, 6.07) is 13.5. The van der Waals surface area contributed by atoms with Gasteiger partial charge in [-0.3, -0.25) is 0 Å². The fourth-order valence-corrected chi connectivity index (χ4v) is 2.05. The third-order valence-corrected chi connectivity index (χ3v) is 3.22. The monoisotopic (exact) mass is 289 g/mol. The van der Waals surface area contributed by atoms with Crippen molar-refractivity contribution in [2.24, 2.45) is 0 Å². The predicted molar refractivity (Wildman–Crippen MR) is 76.2 cm³/mol. The van der Waals surface area contributed by atoms with Gasteiger partial charge in [0.2, 0.25) is 0 Å². The highest BCUT2D eigenvalue weighted by Crippen LogP contribution is 2.29. The molecule has 0 saturated heterocycles. The number of hydrogen-bond donors (Lipinski definition) is 0. The van der Waals surface area contributed by atoms with E-state index in [1.54, 1.807) is 18.2 Å². The minimum absolute atomic E-state index is 0.0695. The molecule has 0 heterocycles. The van der Waals surface area contributed by atoms with Crippen molar-refractivity contribution in [3.05, 3.63) is 64.4 Å². The molecule has 2 nitrogen and oxygen atoms in total. The SMILES string of the molecule is CCC(Oc1cccc(F)c1C#N)c1ccc(Cl)cc1. The highest BCUT2D eigenvalue weighted by molar-refractivity contribution is 6.30. The van der Waals surface area contributed by atoms with Gasteiger partial charge in [-0.15, -0.1) is 0 Å². The molecular formula is C16H13ClFNO. The molecule has 4 heteroatoms. The van der Waals surface area contributed by atoms with Crippen molar-refractivity contribution in [2.75, 3.05) is 0 Å². The zero-order chi connectivity index (χ0) is 14.5. The van der Waals surface area contributed by atoms with E-state index in [0.717, 1.165) is 5.56 Å². The molecule has 0 bridgehead atoms. The topological polar surface area (TPSA) is 33.0 Å². The smallest absolute Gasteiger partial charge is 0.144 e. The van der Waals surface area contributed by atoms with Crippen LogP contribution in [-0.2, 0) is 0 Å². The van der Waals surface area contributed by atoms with E-state index in [2.05, 4.69) is 0 Å². The first-order valence-corrected chi connectivity index (χ1v) is 6.64. The van der Waals surface area contributed by atoms with Crippen LogP contribution in [-0.4, -0.2) is 0 Å². The molecule has 0 spiro atoms. The maximum atomic E-state index is 13.5. The van der Waals surface area contributed by atoms with Gasteiger partial charge < -0.3 is 4.74 Å². The first-order valence-electron chi connectivity index (χ1n) is 6.26. The molecule has 2 rings (SSSR count). The number of nitrogens with zero attached hydrogens (tertiary/aromatic N) is 1. The second-order valence-corrected chi connectivity index (χ2v) is 4.73. The quantitative estimate of drug-likeness (QED) is 0.803. The molecule has 0 saturated carbocycles. The third kappa shape index (κ3) is 3.09. The maximum Gasteiger partial charge on any atom is 0.144 e. The van der Waals surface area contributed by atoms with Gasteiger partial charge in [0.1, 0.15) is 29.3 Å². The molecule has 2 aromatic rings. The van der Waals surface area contributed by atoms with E-state index in [-0.39, 0.29) is 17.4 Å². The maximum absolute atomic E-state index is 13.5. The van der Waals surface area contributed by atoms with Gasteiger partial charge in [0.15, 0.2) is 0 Å². The molecule has 0 fully saturated rings. The van der Waals surface area contributed by atoms with E-state index >= 15 is 0 Å². The molecule has 0 aliphatic carbocycles. The van der Waals surface area contributed by atoms with Crippen LogP contribution in [0, 0.1) is 17.1 Å². The highest BCUT2D eigenvalue weighted by Gasteiger charge is 2.15. The van der Waals surface area contributed by atoms with Crippen LogP contribution in [0.25, 0.3) is 0 Å². The number of halogens is 2. The Kier molecular flexibility index (Phi) is 4.60. The zero-order valence-electron chi connectivity index (χ0n) is 10.9. The van der Waals surface area contributed by atoms with Crippen LogP contribution in [0.3, 0.4) is 0 Å². The molecule has 0 aliphatic rings. The summed E-state index contributed by atoms with van der Waals surface area (Å²) in [6.07, 6.45) is 0.449. The Labute approximate surface area is 122 Å². The van der Waals surface area contributed by atoms with Crippen molar-refractivity contribution in [1.29, 1.82) is 5.26 Å². The van der Waals surface area contributed by atoms with E-state index in [1.165, 1.54) is 12.1 Å². The number of benzene rings is 2. The fourth-order valence-electron chi connectivity index (χ4n) is 1.93. The van der Waals surface area contributed by atoms with Gasteiger partial charge in [-0.2, -0.15) is 5.26 Å². The van der Waals surface area contributed by atoms with Gasteiger partial charge in [0.25, 0.3) is 0 Å². The van der Waals surface area contributed by atoms with Gasteiger partial charge >= 0.3 is 0 Å². The van der Waals surface area contributed by atoms with E-state index in [1.807, 2.05) is 25.1 Å². The van der Waals surface area contributed by atoms with E-state index in [0.29, 0.717) is 11.4 Å². The molecule has 0 aliphatic heterocycles. The van der Waals surface area contributed by atoms with Crippen LogP contribution in [0.5, 0.6) is 5.75 Å². The molecule has 0 amide bonds. The summed E-state index contributed by atoms with van der Waals surface area (Å²) >= 11 is 5.85. The van der Waals surface area contributed by atoms with Crippen LogP contribution < -0.4 is 4.74 Å². The van der Waals surface area contributed by atoms with Crippen LogP contribution in [0.4, 0.5) is 4.39 Å². The van der Waals surface area contributed by atoms with E-state index in [4.69, 9.17) is 21.6 Å². The normalized spacial score (nSPS) is 11.7. The number of hydrogen-bond acceptors (Lipinski definition) is 2. The Bertz CT molecular complexity index is 634. The molecule has 2 aromatic carbocycles. The Morgan fingerprint density at radius 3 is 2.55 bits per heavy atom. The largest absolute Gasteiger partial charge is 0.484 e. The summed E-state index contributed by atoms with van der Waals surface area (Å²) < 4.78 is 19.3. The lowest BCUT2D eigenvalue weighted by Gasteiger charge is -2.19. The van der Waals surface area contributed by atoms with Crippen LogP contribution >= 0.6 is 11.6 Å². The number of nitriles is 1. The third-order valence-electron chi connectivity index (χ3n) is 2.97. The lowest BCUT2D eigenvalue weighted by molar-refractivity contribution is 0.200. The summed E-state index contributed by atoms with van der Waals surface area (Å²) in [5.41, 5.74) is 0.866. The average Bonchev–Trinajstić information content (AvgIpc) is 2.46. The van der Waals surface area contributed by atoms with Crippen LogP contribution in [0.15, 0.2) is 42.5 Å². The minimum Gasteiger partial charge on any atom is -0.484 e. The first-order chi connectivity index (χ1) is 9.65. The second kappa shape index (κ2) is 6.40. The first kappa shape index (κ1) is 14.4. The summed E-state index contributed by atoms with van der Waals surface area (Å²) in [4.78, 5) is 0. The van der Waals surface area contributed by atoms with Crippen molar-refractivity contribution in [3.63, 3.8) is 0 Å². The van der Waals surface area contributed by atoms with Crippen molar-refractivity contribution >= 4 is 11.6 Å². The highest BCUT2D eigenvalue weighted by atomic mass is 35.5. The van der Waals surface area contributed by atoms with Gasteiger partial charge in [0.05, 0.1) is 0 Å². The summed E-state index contributed by atoms with van der Waals surface area (Å²) in [5.74, 6) is -0.315. The van der Waals surface area contributed by atoms with Crippen molar-refractivity contribution in [2.45, 2.75) is 19.4 Å². The van der Waals surface area contributed by atoms with Gasteiger partial charge in [-0.25, -0.2) is 4.39 Å². The number of rotatable bonds is 4. The minimum atomic E-state index is -0.573. The average molecular weight is 290 g/mol.